The molecule has 0 aliphatic carbocycles. The van der Waals surface area contributed by atoms with Crippen molar-refractivity contribution < 1.29 is 4.79 Å². The molecular formula is C14H30N2O. The highest BCUT2D eigenvalue weighted by Gasteiger charge is 2.06. The zero-order chi connectivity index (χ0) is 13.1. The van der Waals surface area contributed by atoms with Gasteiger partial charge in [-0.1, -0.05) is 26.2 Å². The summed E-state index contributed by atoms with van der Waals surface area (Å²) in [5, 5.41) is 3.07. The molecule has 0 aromatic rings. The van der Waals surface area contributed by atoms with Crippen molar-refractivity contribution in [3.8, 4) is 0 Å². The number of nitrogens with zero attached hydrogens (tertiary/aromatic N) is 1. The van der Waals surface area contributed by atoms with Gasteiger partial charge in [0.2, 0.25) is 5.91 Å². The van der Waals surface area contributed by atoms with Crippen molar-refractivity contribution >= 4 is 5.91 Å². The molecule has 1 atom stereocenters. The summed E-state index contributed by atoms with van der Waals surface area (Å²) in [5.41, 5.74) is 0. The first kappa shape index (κ1) is 16.4. The van der Waals surface area contributed by atoms with E-state index >= 15 is 0 Å². The van der Waals surface area contributed by atoms with E-state index in [0.29, 0.717) is 12.5 Å². The maximum absolute atomic E-state index is 11.6. The van der Waals surface area contributed by atoms with Crippen molar-refractivity contribution in [2.24, 2.45) is 0 Å². The zero-order valence-electron chi connectivity index (χ0n) is 12.1. The second-order valence-corrected chi connectivity index (χ2v) is 5.22. The molecule has 0 aromatic heterocycles. The summed E-state index contributed by atoms with van der Waals surface area (Å²) in [6.07, 6.45) is 7.60. The minimum Gasteiger partial charge on any atom is -0.354 e. The monoisotopic (exact) mass is 242 g/mol. The SMILES string of the molecule is CCCCCC(C)NC(=O)CCCCN(C)C. The highest BCUT2D eigenvalue weighted by atomic mass is 16.1. The molecule has 0 saturated heterocycles. The van der Waals surface area contributed by atoms with E-state index in [1.807, 2.05) is 0 Å². The van der Waals surface area contributed by atoms with E-state index in [1.165, 1.54) is 19.3 Å². The van der Waals surface area contributed by atoms with Gasteiger partial charge in [-0.05, 0) is 46.8 Å². The molecule has 0 heterocycles. The third-order valence-corrected chi connectivity index (χ3v) is 2.91. The van der Waals surface area contributed by atoms with Crippen molar-refractivity contribution in [3.63, 3.8) is 0 Å². The molecule has 3 nitrogen and oxygen atoms in total. The Labute approximate surface area is 107 Å². The first-order valence-electron chi connectivity index (χ1n) is 7.00. The van der Waals surface area contributed by atoms with E-state index in [1.54, 1.807) is 0 Å². The Hall–Kier alpha value is -0.570. The van der Waals surface area contributed by atoms with Gasteiger partial charge in [-0.3, -0.25) is 4.79 Å². The number of unbranched alkanes of at least 4 members (excludes halogenated alkanes) is 3. The second kappa shape index (κ2) is 10.6. The Morgan fingerprint density at radius 3 is 2.47 bits per heavy atom. The summed E-state index contributed by atoms with van der Waals surface area (Å²) in [4.78, 5) is 13.8. The molecule has 0 saturated carbocycles. The van der Waals surface area contributed by atoms with Crippen molar-refractivity contribution in [1.29, 1.82) is 0 Å². The fraction of sp³-hybridized carbons (Fsp3) is 0.929. The minimum atomic E-state index is 0.216. The molecule has 0 fully saturated rings. The van der Waals surface area contributed by atoms with Gasteiger partial charge in [0, 0.05) is 12.5 Å². The fourth-order valence-electron chi connectivity index (χ4n) is 1.83. The third kappa shape index (κ3) is 11.7. The molecule has 0 aliphatic rings. The highest BCUT2D eigenvalue weighted by molar-refractivity contribution is 5.76. The van der Waals surface area contributed by atoms with Crippen LogP contribution in [0.15, 0.2) is 0 Å². The lowest BCUT2D eigenvalue weighted by Gasteiger charge is -2.14. The zero-order valence-corrected chi connectivity index (χ0v) is 12.1. The van der Waals surface area contributed by atoms with Gasteiger partial charge in [-0.25, -0.2) is 0 Å². The summed E-state index contributed by atoms with van der Waals surface area (Å²) in [6, 6.07) is 0.336. The molecule has 0 radical (unpaired) electrons. The molecule has 3 heteroatoms. The van der Waals surface area contributed by atoms with Gasteiger partial charge in [0.1, 0.15) is 0 Å². The van der Waals surface area contributed by atoms with Gasteiger partial charge in [0.05, 0.1) is 0 Å². The van der Waals surface area contributed by atoms with Crippen molar-refractivity contribution in [2.75, 3.05) is 20.6 Å². The van der Waals surface area contributed by atoms with E-state index < -0.39 is 0 Å². The Bertz CT molecular complexity index is 193. The van der Waals surface area contributed by atoms with Crippen LogP contribution in [0.2, 0.25) is 0 Å². The van der Waals surface area contributed by atoms with Gasteiger partial charge in [-0.15, -0.1) is 0 Å². The average molecular weight is 242 g/mol. The first-order chi connectivity index (χ1) is 8.06. The van der Waals surface area contributed by atoms with Crippen LogP contribution in [0, 0.1) is 0 Å². The molecule has 0 aliphatic heterocycles. The Balaban J connectivity index is 3.44. The lowest BCUT2D eigenvalue weighted by molar-refractivity contribution is -0.121. The van der Waals surface area contributed by atoms with E-state index in [-0.39, 0.29) is 5.91 Å². The second-order valence-electron chi connectivity index (χ2n) is 5.22. The Kier molecular flexibility index (Phi) is 10.2. The molecule has 1 amide bonds. The number of amides is 1. The number of hydrogen-bond acceptors (Lipinski definition) is 2. The largest absolute Gasteiger partial charge is 0.354 e. The topological polar surface area (TPSA) is 32.3 Å². The van der Waals surface area contributed by atoms with Gasteiger partial charge in [0.15, 0.2) is 0 Å². The standard InChI is InChI=1S/C14H30N2O/c1-5-6-7-10-13(2)15-14(17)11-8-9-12-16(3)4/h13H,5-12H2,1-4H3,(H,15,17). The van der Waals surface area contributed by atoms with Crippen LogP contribution in [0.1, 0.15) is 58.8 Å². The van der Waals surface area contributed by atoms with Crippen molar-refractivity contribution in [3.05, 3.63) is 0 Å². The highest BCUT2D eigenvalue weighted by Crippen LogP contribution is 2.04. The van der Waals surface area contributed by atoms with E-state index in [9.17, 15) is 4.79 Å². The van der Waals surface area contributed by atoms with Crippen LogP contribution in [0.4, 0.5) is 0 Å². The van der Waals surface area contributed by atoms with Crippen LogP contribution in [0.3, 0.4) is 0 Å². The maximum Gasteiger partial charge on any atom is 0.220 e. The molecule has 0 aromatic carbocycles. The molecule has 17 heavy (non-hydrogen) atoms. The van der Waals surface area contributed by atoms with Crippen LogP contribution >= 0.6 is 0 Å². The van der Waals surface area contributed by atoms with E-state index in [0.717, 1.165) is 25.8 Å². The Morgan fingerprint density at radius 2 is 1.88 bits per heavy atom. The van der Waals surface area contributed by atoms with Gasteiger partial charge >= 0.3 is 0 Å². The average Bonchev–Trinajstić information content (AvgIpc) is 2.24. The minimum absolute atomic E-state index is 0.216. The van der Waals surface area contributed by atoms with Gasteiger partial charge in [-0.2, -0.15) is 0 Å². The number of hydrogen-bond donors (Lipinski definition) is 1. The van der Waals surface area contributed by atoms with Gasteiger partial charge < -0.3 is 10.2 Å². The summed E-state index contributed by atoms with van der Waals surface area (Å²) in [6.45, 7) is 5.38. The van der Waals surface area contributed by atoms with Crippen LogP contribution in [-0.4, -0.2) is 37.5 Å². The number of nitrogens with one attached hydrogen (secondary N) is 1. The summed E-state index contributed by atoms with van der Waals surface area (Å²) >= 11 is 0. The Morgan fingerprint density at radius 1 is 1.18 bits per heavy atom. The number of carbonyl (C=O) groups excluding carboxylic acids is 1. The molecule has 0 spiro atoms. The summed E-state index contributed by atoms with van der Waals surface area (Å²) < 4.78 is 0. The fourth-order valence-corrected chi connectivity index (χ4v) is 1.83. The lowest BCUT2D eigenvalue weighted by atomic mass is 10.1. The normalized spacial score (nSPS) is 12.8. The molecule has 1 N–H and O–H groups in total. The smallest absolute Gasteiger partial charge is 0.220 e. The van der Waals surface area contributed by atoms with Crippen LogP contribution in [0.5, 0.6) is 0 Å². The molecule has 1 unspecified atom stereocenters. The summed E-state index contributed by atoms with van der Waals surface area (Å²) in [5.74, 6) is 0.216. The van der Waals surface area contributed by atoms with E-state index in [4.69, 9.17) is 0 Å². The van der Waals surface area contributed by atoms with E-state index in [2.05, 4.69) is 38.2 Å². The quantitative estimate of drug-likeness (QED) is 0.597. The summed E-state index contributed by atoms with van der Waals surface area (Å²) in [7, 11) is 4.13. The van der Waals surface area contributed by atoms with Crippen LogP contribution in [0.25, 0.3) is 0 Å². The third-order valence-electron chi connectivity index (χ3n) is 2.91. The predicted molar refractivity (Wildman–Crippen MR) is 74.2 cm³/mol. The predicted octanol–water partition coefficient (Wildman–Crippen LogP) is 2.80. The number of carbonyl (C=O) groups is 1. The van der Waals surface area contributed by atoms with Crippen molar-refractivity contribution in [2.45, 2.75) is 64.8 Å². The molecule has 102 valence electrons. The molecular weight excluding hydrogens is 212 g/mol. The van der Waals surface area contributed by atoms with Crippen LogP contribution < -0.4 is 5.32 Å². The lowest BCUT2D eigenvalue weighted by Crippen LogP contribution is -2.32. The maximum atomic E-state index is 11.6. The molecule has 0 rings (SSSR count). The first-order valence-corrected chi connectivity index (χ1v) is 7.00. The number of rotatable bonds is 10. The van der Waals surface area contributed by atoms with Crippen molar-refractivity contribution in [1.82, 2.24) is 10.2 Å². The van der Waals surface area contributed by atoms with Crippen LogP contribution in [-0.2, 0) is 4.79 Å². The van der Waals surface area contributed by atoms with Gasteiger partial charge in [0.25, 0.3) is 0 Å². The molecule has 0 bridgehead atoms.